The quantitative estimate of drug-likeness (QED) is 0.0195. The number of esters is 2. The molecule has 0 spiro atoms. The van der Waals surface area contributed by atoms with Crippen molar-refractivity contribution in [3.63, 3.8) is 0 Å². The van der Waals surface area contributed by atoms with E-state index in [9.17, 15) is 19.0 Å². The molecule has 0 aliphatic heterocycles. The average Bonchev–Trinajstić information content (AvgIpc) is 3.42. The van der Waals surface area contributed by atoms with E-state index in [1.54, 1.807) is 0 Å². The molecule has 0 aliphatic carbocycles. The highest BCUT2D eigenvalue weighted by Gasteiger charge is 2.22. The number of rotatable bonds is 66. The predicted octanol–water partition coefficient (Wildman–Crippen LogP) is 21.9. The second-order valence-electron chi connectivity index (χ2n) is 25.2. The zero-order valence-corrected chi connectivity index (χ0v) is 55.0. The average molecular weight is 1150 g/mol. The van der Waals surface area contributed by atoms with Crippen LogP contribution in [0.4, 0.5) is 0 Å². The van der Waals surface area contributed by atoms with Gasteiger partial charge < -0.3 is 27.9 Å². The van der Waals surface area contributed by atoms with Crippen LogP contribution in [0.5, 0.6) is 0 Å². The monoisotopic (exact) mass is 1150 g/mol. The van der Waals surface area contributed by atoms with E-state index >= 15 is 0 Å². The second-order valence-corrected chi connectivity index (χ2v) is 26.7. The summed E-state index contributed by atoms with van der Waals surface area (Å²) >= 11 is 0. The van der Waals surface area contributed by atoms with Crippen molar-refractivity contribution in [3.8, 4) is 0 Å². The first-order valence-corrected chi connectivity index (χ1v) is 36.5. The molecule has 2 unspecified atom stereocenters. The fourth-order valence-corrected chi connectivity index (χ4v) is 11.3. The van der Waals surface area contributed by atoms with E-state index in [0.29, 0.717) is 17.4 Å². The Bertz CT molecular complexity index is 1400. The van der Waals surface area contributed by atoms with Crippen LogP contribution in [0.3, 0.4) is 0 Å². The zero-order valence-electron chi connectivity index (χ0n) is 54.1. The van der Waals surface area contributed by atoms with Gasteiger partial charge in [0.05, 0.1) is 27.7 Å². The first-order chi connectivity index (χ1) is 39.0. The lowest BCUT2D eigenvalue weighted by atomic mass is 10.0. The molecule has 10 heteroatoms. The van der Waals surface area contributed by atoms with Gasteiger partial charge in [0.2, 0.25) is 0 Å². The van der Waals surface area contributed by atoms with Crippen LogP contribution in [-0.2, 0) is 32.7 Å². The van der Waals surface area contributed by atoms with E-state index in [-0.39, 0.29) is 32.0 Å². The summed E-state index contributed by atoms with van der Waals surface area (Å²) < 4.78 is 34.3. The molecule has 0 aromatic rings. The van der Waals surface area contributed by atoms with Gasteiger partial charge in [-0.1, -0.05) is 308 Å². The van der Waals surface area contributed by atoms with Gasteiger partial charge in [-0.15, -0.1) is 0 Å². The van der Waals surface area contributed by atoms with E-state index in [1.807, 2.05) is 21.1 Å². The first kappa shape index (κ1) is 78.5. The zero-order chi connectivity index (χ0) is 58.4. The van der Waals surface area contributed by atoms with Crippen molar-refractivity contribution < 1.29 is 42.1 Å². The molecule has 0 rings (SSSR count). The smallest absolute Gasteiger partial charge is 0.306 e. The molecule has 2 atom stereocenters. The minimum absolute atomic E-state index is 0.0274. The highest BCUT2D eigenvalue weighted by molar-refractivity contribution is 7.45. The largest absolute Gasteiger partial charge is 0.756 e. The summed E-state index contributed by atoms with van der Waals surface area (Å²) in [4.78, 5) is 38.0. The van der Waals surface area contributed by atoms with Crippen molar-refractivity contribution >= 4 is 19.8 Å². The summed E-state index contributed by atoms with van der Waals surface area (Å²) in [6.45, 7) is 4.31. The summed E-state index contributed by atoms with van der Waals surface area (Å²) in [5, 5.41) is 0. The molecule has 0 heterocycles. The Balaban J connectivity index is 3.99. The molecule has 474 valence electrons. The topological polar surface area (TPSA) is 111 Å². The molecule has 0 aromatic carbocycles. The standard InChI is InChI=1S/C70H136NO8P/c1-6-8-10-12-14-16-18-20-22-24-26-28-30-32-33-34-35-36-37-39-41-43-45-47-49-51-53-55-57-59-61-63-70(73)79-68(67-78-80(74,75)77-65-64-71(3,4)5)66-76-69(72)62-60-58-56-54-52-50-48-46-44-42-40-38-31-29-27-25-23-21-19-17-15-13-11-9-7-2/h24-27,68H,6-23,28-67H2,1-5H3/b26-24-,27-25-. The Morgan fingerprint density at radius 3 is 0.925 bits per heavy atom. The van der Waals surface area contributed by atoms with E-state index in [1.165, 1.54) is 295 Å². The molecular formula is C70H136NO8P. The van der Waals surface area contributed by atoms with Gasteiger partial charge in [-0.05, 0) is 64.2 Å². The van der Waals surface area contributed by atoms with Crippen LogP contribution in [-0.4, -0.2) is 70.0 Å². The van der Waals surface area contributed by atoms with Crippen molar-refractivity contribution in [2.75, 3.05) is 47.5 Å². The minimum atomic E-state index is -4.64. The van der Waals surface area contributed by atoms with Gasteiger partial charge in [-0.2, -0.15) is 0 Å². The number of unbranched alkanes of at least 4 members (excludes halogenated alkanes) is 48. The number of phosphoric acid groups is 1. The lowest BCUT2D eigenvalue weighted by molar-refractivity contribution is -0.870. The van der Waals surface area contributed by atoms with Gasteiger partial charge in [0.15, 0.2) is 6.10 Å². The SMILES string of the molecule is CCCCCCCCCC/C=C\CCCCCCCCCCCCCCCCCCCCCC(=O)OC(COC(=O)CCCCCCCCCCCCCCC/C=C\CCCCCCCCCC)COP(=O)([O-])OCC[N+](C)(C)C. The predicted molar refractivity (Wildman–Crippen MR) is 342 cm³/mol. The van der Waals surface area contributed by atoms with Crippen molar-refractivity contribution in [3.05, 3.63) is 24.3 Å². The molecule has 9 nitrogen and oxygen atoms in total. The fourth-order valence-electron chi connectivity index (χ4n) is 10.5. The lowest BCUT2D eigenvalue weighted by Crippen LogP contribution is -2.37. The number of nitrogens with zero attached hydrogens (tertiary/aromatic N) is 1. The number of quaternary nitrogens is 1. The number of carbonyl (C=O) groups is 2. The van der Waals surface area contributed by atoms with Crippen molar-refractivity contribution in [1.82, 2.24) is 0 Å². The third kappa shape index (κ3) is 65.6. The second kappa shape index (κ2) is 62.0. The molecule has 0 amide bonds. The van der Waals surface area contributed by atoms with E-state index in [2.05, 4.69) is 38.2 Å². The molecule has 80 heavy (non-hydrogen) atoms. The Labute approximate surface area is 498 Å². The number of allylic oxidation sites excluding steroid dienone is 4. The summed E-state index contributed by atoms with van der Waals surface area (Å²) in [5.41, 5.74) is 0. The van der Waals surface area contributed by atoms with Crippen LogP contribution >= 0.6 is 7.82 Å². The highest BCUT2D eigenvalue weighted by Crippen LogP contribution is 2.38. The molecule has 0 radical (unpaired) electrons. The molecule has 0 aromatic heterocycles. The highest BCUT2D eigenvalue weighted by atomic mass is 31.2. The number of hydrogen-bond acceptors (Lipinski definition) is 8. The minimum Gasteiger partial charge on any atom is -0.756 e. The Kier molecular flexibility index (Phi) is 60.9. The maximum atomic E-state index is 12.9. The van der Waals surface area contributed by atoms with Gasteiger partial charge in [-0.3, -0.25) is 14.2 Å². The van der Waals surface area contributed by atoms with Crippen molar-refractivity contribution in [2.45, 2.75) is 367 Å². The number of hydrogen-bond donors (Lipinski definition) is 0. The van der Waals surface area contributed by atoms with Crippen LogP contribution in [0.2, 0.25) is 0 Å². The summed E-state index contributed by atoms with van der Waals surface area (Å²) in [6, 6.07) is 0. The molecule has 0 saturated heterocycles. The number of likely N-dealkylation sites (N-methyl/N-ethyl adjacent to an activating group) is 1. The lowest BCUT2D eigenvalue weighted by Gasteiger charge is -2.28. The van der Waals surface area contributed by atoms with Crippen LogP contribution in [0.15, 0.2) is 24.3 Å². The summed E-state index contributed by atoms with van der Waals surface area (Å²) in [5.74, 6) is -0.811. The molecule has 0 fully saturated rings. The Morgan fingerprint density at radius 1 is 0.375 bits per heavy atom. The molecule has 0 N–H and O–H groups in total. The van der Waals surface area contributed by atoms with Gasteiger partial charge in [0.25, 0.3) is 7.82 Å². The van der Waals surface area contributed by atoms with Gasteiger partial charge >= 0.3 is 11.9 Å². The van der Waals surface area contributed by atoms with Crippen LogP contribution in [0.25, 0.3) is 0 Å². The van der Waals surface area contributed by atoms with E-state index in [4.69, 9.17) is 18.5 Å². The third-order valence-electron chi connectivity index (χ3n) is 15.9. The maximum absolute atomic E-state index is 12.9. The Hall–Kier alpha value is -1.51. The van der Waals surface area contributed by atoms with Crippen molar-refractivity contribution in [2.24, 2.45) is 0 Å². The van der Waals surface area contributed by atoms with E-state index in [0.717, 1.165) is 32.1 Å². The summed E-state index contributed by atoms with van der Waals surface area (Å²) in [7, 11) is 1.19. The van der Waals surface area contributed by atoms with Gasteiger partial charge in [-0.25, -0.2) is 0 Å². The van der Waals surface area contributed by atoms with Crippen LogP contribution in [0, 0.1) is 0 Å². The Morgan fingerprint density at radius 2 is 0.637 bits per heavy atom. The molecule has 0 bridgehead atoms. The molecule has 0 saturated carbocycles. The van der Waals surface area contributed by atoms with Gasteiger partial charge in [0, 0.05) is 12.8 Å². The normalized spacial score (nSPS) is 13.2. The molecular weight excluding hydrogens is 1010 g/mol. The number of phosphoric ester groups is 1. The molecule has 0 aliphatic rings. The van der Waals surface area contributed by atoms with Gasteiger partial charge in [0.1, 0.15) is 19.8 Å². The van der Waals surface area contributed by atoms with Crippen LogP contribution < -0.4 is 4.89 Å². The van der Waals surface area contributed by atoms with Crippen LogP contribution in [0.1, 0.15) is 361 Å². The van der Waals surface area contributed by atoms with E-state index < -0.39 is 26.5 Å². The fraction of sp³-hybridized carbons (Fsp3) is 0.914. The first-order valence-electron chi connectivity index (χ1n) is 35.0. The summed E-state index contributed by atoms with van der Waals surface area (Å²) in [6.07, 6.45) is 76.9. The number of ether oxygens (including phenoxy) is 2. The third-order valence-corrected chi connectivity index (χ3v) is 16.9. The maximum Gasteiger partial charge on any atom is 0.306 e. The number of carbonyl (C=O) groups excluding carboxylic acids is 2. The van der Waals surface area contributed by atoms with Crippen molar-refractivity contribution in [1.29, 1.82) is 0 Å².